The number of aromatic nitrogens is 1. The van der Waals surface area contributed by atoms with Gasteiger partial charge >= 0.3 is 0 Å². The van der Waals surface area contributed by atoms with Crippen LogP contribution in [-0.4, -0.2) is 36.2 Å². The molecule has 160 valence electrons. The van der Waals surface area contributed by atoms with E-state index in [4.69, 9.17) is 0 Å². The van der Waals surface area contributed by atoms with Crippen molar-refractivity contribution in [2.75, 3.05) is 13.1 Å². The first-order valence-electron chi connectivity index (χ1n) is 9.95. The van der Waals surface area contributed by atoms with Crippen LogP contribution >= 0.6 is 0 Å². The highest BCUT2D eigenvalue weighted by atomic mass is 32.2. The second-order valence-corrected chi connectivity index (χ2v) is 9.36. The number of Topliss-reactive ketones (excluding diaryl/α,β-unsaturated/α-hetero) is 1. The molecule has 2 heterocycles. The molecule has 0 atom stereocenters. The molecule has 0 saturated carbocycles. The first-order valence-corrected chi connectivity index (χ1v) is 11.4. The first-order chi connectivity index (χ1) is 14.9. The van der Waals surface area contributed by atoms with Gasteiger partial charge in [-0.2, -0.15) is 4.31 Å². The molecule has 1 fully saturated rings. The van der Waals surface area contributed by atoms with Gasteiger partial charge in [0.2, 0.25) is 10.0 Å². The molecular weight excluding hydrogens is 419 g/mol. The van der Waals surface area contributed by atoms with Crippen LogP contribution in [-0.2, 0) is 16.6 Å². The first kappa shape index (κ1) is 21.1. The standard InChI is InChI=1S/C23H21FN2O4S/c24-21-14-18(17-6-2-1-3-7-17)8-10-20(21)22(27)16-25-15-19(9-11-23(25)28)31(29,30)26-12-4-5-13-26/h1-3,6-11,14-15H,4-5,12-13,16H2. The number of hydrogen-bond donors (Lipinski definition) is 0. The number of hydrogen-bond acceptors (Lipinski definition) is 4. The predicted octanol–water partition coefficient (Wildman–Crippen LogP) is 3.32. The van der Waals surface area contributed by atoms with Crippen LogP contribution in [0.3, 0.4) is 0 Å². The van der Waals surface area contributed by atoms with Gasteiger partial charge in [-0.3, -0.25) is 9.59 Å². The fourth-order valence-corrected chi connectivity index (χ4v) is 5.19. The maximum atomic E-state index is 14.7. The fourth-order valence-electron chi connectivity index (χ4n) is 3.65. The molecule has 0 spiro atoms. The second kappa shape index (κ2) is 8.56. The summed E-state index contributed by atoms with van der Waals surface area (Å²) in [4.78, 5) is 24.9. The lowest BCUT2D eigenvalue weighted by Crippen LogP contribution is -2.30. The van der Waals surface area contributed by atoms with Gasteiger partial charge in [0.05, 0.1) is 17.0 Å². The van der Waals surface area contributed by atoms with E-state index in [0.717, 1.165) is 35.2 Å². The average molecular weight is 440 g/mol. The minimum atomic E-state index is -3.73. The number of sulfonamides is 1. The van der Waals surface area contributed by atoms with E-state index in [1.165, 1.54) is 22.5 Å². The van der Waals surface area contributed by atoms with Gasteiger partial charge in [0.25, 0.3) is 5.56 Å². The van der Waals surface area contributed by atoms with E-state index >= 15 is 0 Å². The molecule has 6 nitrogen and oxygen atoms in total. The molecule has 4 rings (SSSR count). The number of pyridine rings is 1. The Morgan fingerprint density at radius 2 is 1.65 bits per heavy atom. The van der Waals surface area contributed by atoms with E-state index in [1.54, 1.807) is 6.07 Å². The fraction of sp³-hybridized carbons (Fsp3) is 0.217. The highest BCUT2D eigenvalue weighted by Crippen LogP contribution is 2.23. The minimum absolute atomic E-state index is 0.0540. The third-order valence-electron chi connectivity index (χ3n) is 5.35. The molecule has 0 radical (unpaired) electrons. The summed E-state index contributed by atoms with van der Waals surface area (Å²) in [6.07, 6.45) is 2.73. The Balaban J connectivity index is 1.59. The summed E-state index contributed by atoms with van der Waals surface area (Å²) in [5.41, 5.74) is 0.761. The summed E-state index contributed by atoms with van der Waals surface area (Å²) < 4.78 is 42.5. The van der Waals surface area contributed by atoms with Gasteiger partial charge in [0.15, 0.2) is 5.78 Å². The van der Waals surface area contributed by atoms with E-state index in [1.807, 2.05) is 30.3 Å². The number of ketones is 1. The Bertz CT molecular complexity index is 1280. The zero-order valence-corrected chi connectivity index (χ0v) is 17.5. The zero-order valence-electron chi connectivity index (χ0n) is 16.7. The van der Waals surface area contributed by atoms with Crippen molar-refractivity contribution in [2.24, 2.45) is 0 Å². The quantitative estimate of drug-likeness (QED) is 0.551. The van der Waals surface area contributed by atoms with Crippen LogP contribution in [0.4, 0.5) is 4.39 Å². The lowest BCUT2D eigenvalue weighted by molar-refractivity contribution is 0.0966. The topological polar surface area (TPSA) is 76.5 Å². The lowest BCUT2D eigenvalue weighted by Gasteiger charge is -2.16. The lowest BCUT2D eigenvalue weighted by atomic mass is 10.0. The van der Waals surface area contributed by atoms with Crippen molar-refractivity contribution < 1.29 is 17.6 Å². The van der Waals surface area contributed by atoms with Crippen molar-refractivity contribution in [3.05, 3.63) is 88.6 Å². The van der Waals surface area contributed by atoms with Crippen molar-refractivity contribution in [1.29, 1.82) is 0 Å². The summed E-state index contributed by atoms with van der Waals surface area (Å²) in [7, 11) is -3.73. The van der Waals surface area contributed by atoms with Gasteiger partial charge < -0.3 is 4.57 Å². The van der Waals surface area contributed by atoms with Gasteiger partial charge in [-0.05, 0) is 42.2 Å². The highest BCUT2D eigenvalue weighted by Gasteiger charge is 2.28. The molecule has 3 aromatic rings. The van der Waals surface area contributed by atoms with Crippen molar-refractivity contribution in [3.8, 4) is 11.1 Å². The Morgan fingerprint density at radius 3 is 2.32 bits per heavy atom. The van der Waals surface area contributed by atoms with Crippen LogP contribution in [0.2, 0.25) is 0 Å². The molecule has 0 bridgehead atoms. The van der Waals surface area contributed by atoms with Gasteiger partial charge in [0.1, 0.15) is 5.82 Å². The number of carbonyl (C=O) groups excluding carboxylic acids is 1. The Labute approximate surface area is 179 Å². The maximum Gasteiger partial charge on any atom is 0.251 e. The van der Waals surface area contributed by atoms with Crippen LogP contribution in [0.25, 0.3) is 11.1 Å². The van der Waals surface area contributed by atoms with Gasteiger partial charge in [-0.15, -0.1) is 0 Å². The minimum Gasteiger partial charge on any atom is -0.306 e. The molecule has 1 aliphatic heterocycles. The molecule has 1 aromatic heterocycles. The molecule has 0 amide bonds. The Hall–Kier alpha value is -3.10. The largest absolute Gasteiger partial charge is 0.306 e. The third-order valence-corrected chi connectivity index (χ3v) is 7.23. The van der Waals surface area contributed by atoms with Crippen molar-refractivity contribution in [1.82, 2.24) is 8.87 Å². The van der Waals surface area contributed by atoms with Crippen molar-refractivity contribution in [3.63, 3.8) is 0 Å². The van der Waals surface area contributed by atoms with Gasteiger partial charge in [-0.25, -0.2) is 12.8 Å². The van der Waals surface area contributed by atoms with Crippen LogP contribution in [0, 0.1) is 5.82 Å². The molecule has 1 aliphatic rings. The molecule has 0 N–H and O–H groups in total. The summed E-state index contributed by atoms with van der Waals surface area (Å²) in [5.74, 6) is -1.31. The van der Waals surface area contributed by atoms with E-state index in [0.29, 0.717) is 18.7 Å². The van der Waals surface area contributed by atoms with Crippen LogP contribution < -0.4 is 5.56 Å². The van der Waals surface area contributed by atoms with Crippen LogP contribution in [0.15, 0.2) is 76.6 Å². The average Bonchev–Trinajstić information content (AvgIpc) is 3.31. The number of halogens is 1. The summed E-state index contributed by atoms with van der Waals surface area (Å²) in [6.45, 7) is 0.405. The van der Waals surface area contributed by atoms with Gasteiger partial charge in [0, 0.05) is 25.4 Å². The number of nitrogens with zero attached hydrogens (tertiary/aromatic N) is 2. The van der Waals surface area contributed by atoms with E-state index in [-0.39, 0.29) is 10.5 Å². The summed E-state index contributed by atoms with van der Waals surface area (Å²) >= 11 is 0. The molecular formula is C23H21FN2O4S. The smallest absolute Gasteiger partial charge is 0.251 e. The summed E-state index contributed by atoms with van der Waals surface area (Å²) in [6, 6.07) is 15.9. The molecule has 1 saturated heterocycles. The molecule has 2 aromatic carbocycles. The predicted molar refractivity (Wildman–Crippen MR) is 115 cm³/mol. The second-order valence-electron chi connectivity index (χ2n) is 7.43. The van der Waals surface area contributed by atoms with E-state index in [9.17, 15) is 22.4 Å². The number of carbonyl (C=O) groups is 1. The molecule has 8 heteroatoms. The van der Waals surface area contributed by atoms with E-state index < -0.39 is 33.7 Å². The van der Waals surface area contributed by atoms with Crippen molar-refractivity contribution >= 4 is 15.8 Å². The normalized spacial score (nSPS) is 14.6. The SMILES string of the molecule is O=C(Cn1cc(S(=O)(=O)N2CCCC2)ccc1=O)c1ccc(-c2ccccc2)cc1F. The third kappa shape index (κ3) is 4.35. The monoisotopic (exact) mass is 440 g/mol. The Kier molecular flexibility index (Phi) is 5.84. The van der Waals surface area contributed by atoms with Crippen LogP contribution in [0.1, 0.15) is 23.2 Å². The number of rotatable bonds is 6. The van der Waals surface area contributed by atoms with Gasteiger partial charge in [-0.1, -0.05) is 36.4 Å². The zero-order chi connectivity index (χ0) is 22.0. The maximum absolute atomic E-state index is 14.7. The van der Waals surface area contributed by atoms with Crippen molar-refractivity contribution in [2.45, 2.75) is 24.3 Å². The Morgan fingerprint density at radius 1 is 0.935 bits per heavy atom. The molecule has 31 heavy (non-hydrogen) atoms. The van der Waals surface area contributed by atoms with Crippen LogP contribution in [0.5, 0.6) is 0 Å². The molecule has 0 unspecified atom stereocenters. The van der Waals surface area contributed by atoms with E-state index in [2.05, 4.69) is 0 Å². The summed E-state index contributed by atoms with van der Waals surface area (Å²) in [5, 5.41) is 0. The number of benzene rings is 2. The highest BCUT2D eigenvalue weighted by molar-refractivity contribution is 7.89. The molecule has 0 aliphatic carbocycles.